The molecule has 1 aromatic carbocycles. The topological polar surface area (TPSA) is 49.8 Å². The van der Waals surface area contributed by atoms with Crippen LogP contribution in [0, 0.1) is 5.82 Å². The van der Waals surface area contributed by atoms with Crippen molar-refractivity contribution in [2.45, 2.75) is 25.4 Å². The van der Waals surface area contributed by atoms with Crippen molar-refractivity contribution >= 4 is 5.82 Å². The fraction of sp³-hybridized carbons (Fsp3) is 0.333. The minimum absolute atomic E-state index is 0.223. The van der Waals surface area contributed by atoms with Crippen LogP contribution in [0.25, 0.3) is 0 Å². The number of nitrogens with one attached hydrogen (secondary N) is 2. The zero-order valence-corrected chi connectivity index (χ0v) is 11.1. The van der Waals surface area contributed by atoms with E-state index in [1.54, 1.807) is 18.5 Å². The lowest BCUT2D eigenvalue weighted by Crippen LogP contribution is -2.15. The van der Waals surface area contributed by atoms with Crippen LogP contribution in [0.5, 0.6) is 0 Å². The lowest BCUT2D eigenvalue weighted by atomic mass is 10.2. The van der Waals surface area contributed by atoms with Gasteiger partial charge in [0, 0.05) is 6.54 Å². The summed E-state index contributed by atoms with van der Waals surface area (Å²) >= 11 is 0. The minimum Gasteiger partial charge on any atom is -0.365 e. The molecule has 0 unspecified atom stereocenters. The highest BCUT2D eigenvalue weighted by molar-refractivity contribution is 5.34. The van der Waals surface area contributed by atoms with Crippen LogP contribution < -0.4 is 10.6 Å². The number of hydrogen-bond acceptors (Lipinski definition) is 4. The van der Waals surface area contributed by atoms with E-state index in [4.69, 9.17) is 0 Å². The van der Waals surface area contributed by atoms with Crippen LogP contribution >= 0.6 is 0 Å². The first kappa shape index (κ1) is 13.0. The molecule has 2 heterocycles. The first-order valence-corrected chi connectivity index (χ1v) is 6.85. The van der Waals surface area contributed by atoms with Gasteiger partial charge in [0.25, 0.3) is 0 Å². The number of benzene rings is 1. The third-order valence-electron chi connectivity index (χ3n) is 3.43. The molecule has 20 heavy (non-hydrogen) atoms. The van der Waals surface area contributed by atoms with E-state index < -0.39 is 0 Å². The molecule has 1 aliphatic rings. The third-order valence-corrected chi connectivity index (χ3v) is 3.43. The van der Waals surface area contributed by atoms with Gasteiger partial charge >= 0.3 is 0 Å². The Kier molecular flexibility index (Phi) is 3.87. The maximum Gasteiger partial charge on any atom is 0.145 e. The first-order chi connectivity index (χ1) is 9.81. The van der Waals surface area contributed by atoms with Gasteiger partial charge in [-0.2, -0.15) is 0 Å². The Morgan fingerprint density at radius 3 is 3.10 bits per heavy atom. The van der Waals surface area contributed by atoms with Gasteiger partial charge in [-0.15, -0.1) is 0 Å². The van der Waals surface area contributed by atoms with Gasteiger partial charge in [-0.3, -0.25) is 4.98 Å². The summed E-state index contributed by atoms with van der Waals surface area (Å²) in [5.74, 6) is 0.500. The number of hydrogen-bond donors (Lipinski definition) is 2. The highest BCUT2D eigenvalue weighted by Gasteiger charge is 2.17. The zero-order chi connectivity index (χ0) is 13.8. The number of rotatable bonds is 4. The van der Waals surface area contributed by atoms with E-state index in [-0.39, 0.29) is 5.82 Å². The molecule has 0 bridgehead atoms. The van der Waals surface area contributed by atoms with Crippen LogP contribution in [-0.4, -0.2) is 16.5 Å². The molecule has 0 amide bonds. The van der Waals surface area contributed by atoms with E-state index in [0.717, 1.165) is 30.0 Å². The second kappa shape index (κ2) is 5.96. The van der Waals surface area contributed by atoms with Crippen LogP contribution in [0.2, 0.25) is 0 Å². The fourth-order valence-electron chi connectivity index (χ4n) is 2.41. The normalized spacial score (nSPS) is 18.1. The van der Waals surface area contributed by atoms with Crippen LogP contribution in [0.15, 0.2) is 36.7 Å². The molecule has 1 fully saturated rings. The van der Waals surface area contributed by atoms with Gasteiger partial charge in [0.2, 0.25) is 0 Å². The maximum absolute atomic E-state index is 13.1. The summed E-state index contributed by atoms with van der Waals surface area (Å²) in [7, 11) is 0. The molecule has 1 atom stereocenters. The molecule has 0 spiro atoms. The summed E-state index contributed by atoms with van der Waals surface area (Å²) in [6.07, 6.45) is 5.77. The summed E-state index contributed by atoms with van der Waals surface area (Å²) in [5.41, 5.74) is 1.85. The Balaban J connectivity index is 1.66. The van der Waals surface area contributed by atoms with Crippen LogP contribution in [-0.2, 0) is 6.54 Å². The predicted octanol–water partition coefficient (Wildman–Crippen LogP) is 2.65. The highest BCUT2D eigenvalue weighted by atomic mass is 19.1. The molecule has 1 saturated heterocycles. The molecule has 1 aliphatic heterocycles. The van der Waals surface area contributed by atoms with E-state index in [1.807, 2.05) is 6.07 Å². The number of anilines is 1. The summed E-state index contributed by atoms with van der Waals surface area (Å²) in [5, 5.41) is 6.59. The maximum atomic E-state index is 13.1. The van der Waals surface area contributed by atoms with Gasteiger partial charge in [0.05, 0.1) is 24.1 Å². The molecule has 5 heteroatoms. The molecule has 2 aromatic rings. The van der Waals surface area contributed by atoms with E-state index in [9.17, 15) is 4.39 Å². The Bertz CT molecular complexity index is 582. The van der Waals surface area contributed by atoms with Crippen molar-refractivity contribution in [2.24, 2.45) is 0 Å². The minimum atomic E-state index is -0.223. The summed E-state index contributed by atoms with van der Waals surface area (Å²) < 4.78 is 13.1. The summed E-state index contributed by atoms with van der Waals surface area (Å²) in [6, 6.07) is 6.85. The van der Waals surface area contributed by atoms with E-state index in [0.29, 0.717) is 12.6 Å². The van der Waals surface area contributed by atoms with Gasteiger partial charge in [-0.25, -0.2) is 9.37 Å². The van der Waals surface area contributed by atoms with Gasteiger partial charge < -0.3 is 10.6 Å². The van der Waals surface area contributed by atoms with Gasteiger partial charge in [0.1, 0.15) is 11.6 Å². The lowest BCUT2D eigenvalue weighted by Gasteiger charge is -2.11. The fourth-order valence-corrected chi connectivity index (χ4v) is 2.41. The van der Waals surface area contributed by atoms with Crippen molar-refractivity contribution in [3.8, 4) is 0 Å². The molecule has 0 radical (unpaired) electrons. The van der Waals surface area contributed by atoms with Crippen LogP contribution in [0.1, 0.15) is 30.1 Å². The Morgan fingerprint density at radius 1 is 1.35 bits per heavy atom. The van der Waals surface area contributed by atoms with Crippen molar-refractivity contribution in [1.82, 2.24) is 15.3 Å². The van der Waals surface area contributed by atoms with Crippen LogP contribution in [0.4, 0.5) is 10.2 Å². The molecule has 104 valence electrons. The Labute approximate surface area is 117 Å². The summed E-state index contributed by atoms with van der Waals surface area (Å²) in [6.45, 7) is 1.57. The smallest absolute Gasteiger partial charge is 0.145 e. The molecule has 0 saturated carbocycles. The van der Waals surface area contributed by atoms with Gasteiger partial charge in [0.15, 0.2) is 0 Å². The van der Waals surface area contributed by atoms with E-state index >= 15 is 0 Å². The van der Waals surface area contributed by atoms with Crippen LogP contribution in [0.3, 0.4) is 0 Å². The molecule has 4 nitrogen and oxygen atoms in total. The molecular formula is C15H17FN4. The standard InChI is InChI=1S/C15H17FN4/c16-12-4-1-3-11(7-12)8-19-15-10-17-9-14(20-15)13-5-2-6-18-13/h1,3-4,7,9-10,13,18H,2,5-6,8H2,(H,19,20)/t13-/m1/s1. The monoisotopic (exact) mass is 272 g/mol. The number of halogens is 1. The summed E-state index contributed by atoms with van der Waals surface area (Å²) in [4.78, 5) is 8.78. The molecule has 1 aromatic heterocycles. The third kappa shape index (κ3) is 3.11. The quantitative estimate of drug-likeness (QED) is 0.898. The van der Waals surface area contributed by atoms with Crippen molar-refractivity contribution in [2.75, 3.05) is 11.9 Å². The molecular weight excluding hydrogens is 255 g/mol. The molecule has 2 N–H and O–H groups in total. The molecule has 0 aliphatic carbocycles. The predicted molar refractivity (Wildman–Crippen MR) is 75.7 cm³/mol. The van der Waals surface area contributed by atoms with Gasteiger partial charge in [-0.05, 0) is 37.1 Å². The van der Waals surface area contributed by atoms with Crippen molar-refractivity contribution in [3.63, 3.8) is 0 Å². The second-order valence-electron chi connectivity index (χ2n) is 4.96. The Hall–Kier alpha value is -2.01. The van der Waals surface area contributed by atoms with E-state index in [2.05, 4.69) is 20.6 Å². The van der Waals surface area contributed by atoms with E-state index in [1.165, 1.54) is 18.6 Å². The zero-order valence-electron chi connectivity index (χ0n) is 11.1. The van der Waals surface area contributed by atoms with Gasteiger partial charge in [-0.1, -0.05) is 12.1 Å². The largest absolute Gasteiger partial charge is 0.365 e. The second-order valence-corrected chi connectivity index (χ2v) is 4.96. The van der Waals surface area contributed by atoms with Crippen molar-refractivity contribution < 1.29 is 4.39 Å². The number of aromatic nitrogens is 2. The Morgan fingerprint density at radius 2 is 2.30 bits per heavy atom. The average Bonchev–Trinajstić information content (AvgIpc) is 3.00. The average molecular weight is 272 g/mol. The van der Waals surface area contributed by atoms with Crippen molar-refractivity contribution in [3.05, 3.63) is 53.7 Å². The lowest BCUT2D eigenvalue weighted by molar-refractivity contribution is 0.624. The highest BCUT2D eigenvalue weighted by Crippen LogP contribution is 2.21. The first-order valence-electron chi connectivity index (χ1n) is 6.85. The molecule has 3 rings (SSSR count). The van der Waals surface area contributed by atoms with Crippen molar-refractivity contribution in [1.29, 1.82) is 0 Å². The SMILES string of the molecule is Fc1cccc(CNc2cncc([C@H]3CCCN3)n2)c1. The number of nitrogens with zero attached hydrogens (tertiary/aromatic N) is 2.